The molecule has 0 atom stereocenters. The van der Waals surface area contributed by atoms with E-state index in [0.29, 0.717) is 63.7 Å². The third-order valence-corrected chi connectivity index (χ3v) is 32.2. The highest BCUT2D eigenvalue weighted by molar-refractivity contribution is 9.09. The van der Waals surface area contributed by atoms with E-state index < -0.39 is 45.5 Å². The molecule has 0 aromatic heterocycles. The number of aliphatic hydroxyl groups excluding tert-OH is 1. The van der Waals surface area contributed by atoms with Gasteiger partial charge in [0.05, 0.1) is 76.4 Å². The SMILES string of the molecule is BrCCCCCBr.C.C.C.C.CCCCOC(=O)C1(CCCCCBr)CCCC1.CCCCOC(=O)C1(CCCCCC(=O)CCCCCC2(C(=O)OCCCC)CCCC2)CCCC1.CCCCOC(=O)C1CCCC1.F.O=C(CCCCCC1(C(=O)O)CCCC1)CCCCCC1(C(=O)O)CCCC1.O=C(O)C1(CCCCCC(O)CCCCCC2(C(=O)O)CCCC2)CCCC1.[2H][2H]. The molecule has 0 saturated heterocycles. The van der Waals surface area contributed by atoms with Crippen LogP contribution in [0.15, 0.2) is 0 Å². The highest BCUT2D eigenvalue weighted by atomic mass is 79.9. The third-order valence-electron chi connectivity index (χ3n) is 30.5. The number of carboxylic acid groups (broad SMARTS) is 4. The van der Waals surface area contributed by atoms with Gasteiger partial charge in [0.2, 0.25) is 0 Å². The summed E-state index contributed by atoms with van der Waals surface area (Å²) in [5, 5.41) is 51.5. The largest absolute Gasteiger partial charge is 0.481 e. The van der Waals surface area contributed by atoms with Crippen LogP contribution in [0, 0.1) is 43.8 Å². The summed E-state index contributed by atoms with van der Waals surface area (Å²) in [6.45, 7) is 10.8. The molecule has 8 fully saturated rings. The van der Waals surface area contributed by atoms with E-state index >= 15 is 0 Å². The number of hydrogen-bond acceptors (Lipinski definition) is 15. The van der Waals surface area contributed by atoms with Crippen LogP contribution in [0.3, 0.4) is 0 Å². The minimum atomic E-state index is -0.636. The molecule has 0 bridgehead atoms. The van der Waals surface area contributed by atoms with Gasteiger partial charge < -0.3 is 44.5 Å². The summed E-state index contributed by atoms with van der Waals surface area (Å²) in [6, 6.07) is 0. The van der Waals surface area contributed by atoms with Crippen molar-refractivity contribution in [3.63, 3.8) is 0 Å². The first kappa shape index (κ1) is 132. The number of aliphatic carboxylic acids is 4. The van der Waals surface area contributed by atoms with Gasteiger partial charge in [0, 0.05) is 44.6 Å². The Hall–Kier alpha value is -3.57. The first-order valence-electron chi connectivity index (χ1n) is 54.3. The van der Waals surface area contributed by atoms with Crippen LogP contribution in [0.1, 0.15) is 555 Å². The van der Waals surface area contributed by atoms with Crippen molar-refractivity contribution < 1.29 is 100 Å². The Bertz CT molecular complexity index is 2860. The fraction of sp³-hybridized carbons (Fsp3) is 0.910. The van der Waals surface area contributed by atoms with E-state index in [0.717, 1.165) is 427 Å². The molecule has 5 N–H and O–H groups in total. The second kappa shape index (κ2) is 80.9. The summed E-state index contributed by atoms with van der Waals surface area (Å²) < 4.78 is 31.8. The number of ether oxygens (including phenoxy) is 4. The summed E-state index contributed by atoms with van der Waals surface area (Å²) in [6.07, 6.45) is 74.7. The zero-order valence-corrected chi connectivity index (χ0v) is 87.3. The van der Waals surface area contributed by atoms with Gasteiger partial charge in [-0.3, -0.25) is 52.6 Å². The number of alkyl halides is 3. The van der Waals surface area contributed by atoms with E-state index in [-0.39, 0.29) is 86.6 Å². The van der Waals surface area contributed by atoms with E-state index in [1.807, 2.05) is 0 Å². The van der Waals surface area contributed by atoms with Gasteiger partial charge in [-0.05, 0) is 231 Å². The van der Waals surface area contributed by atoms with Crippen LogP contribution in [0.5, 0.6) is 0 Å². The minimum Gasteiger partial charge on any atom is -0.481 e. The number of carboxylic acids is 4. The number of Topliss-reactive ketones (excluding diaryl/α,β-unsaturated/α-hetero) is 2. The molecule has 8 aliphatic rings. The molecule has 0 heterocycles. The molecule has 0 aliphatic heterocycles. The molecule has 0 spiro atoms. The van der Waals surface area contributed by atoms with Crippen molar-refractivity contribution in [2.45, 2.75) is 558 Å². The first-order valence-corrected chi connectivity index (χ1v) is 56.7. The zero-order chi connectivity index (χ0) is 96.7. The van der Waals surface area contributed by atoms with Gasteiger partial charge in [0.25, 0.3) is 0 Å². The summed E-state index contributed by atoms with van der Waals surface area (Å²) in [5.74, 6) is -1.44. The van der Waals surface area contributed by atoms with Crippen LogP contribution in [0.25, 0.3) is 0 Å². The number of rotatable bonds is 65. The molecule has 792 valence electrons. The fourth-order valence-electron chi connectivity index (χ4n) is 21.7. The number of ketones is 2. The van der Waals surface area contributed by atoms with Crippen molar-refractivity contribution in [1.29, 1.82) is 0 Å². The van der Waals surface area contributed by atoms with Crippen molar-refractivity contribution in [1.82, 2.24) is 0 Å². The lowest BCUT2D eigenvalue weighted by Crippen LogP contribution is -2.30. The molecule has 19 nitrogen and oxygen atoms in total. The Labute approximate surface area is 845 Å². The topological polar surface area (TPSA) is 309 Å². The number of esters is 4. The van der Waals surface area contributed by atoms with Crippen molar-refractivity contribution in [3.8, 4) is 0 Å². The summed E-state index contributed by atoms with van der Waals surface area (Å²) in [5.41, 5.74) is -2.54. The van der Waals surface area contributed by atoms with E-state index in [1.165, 1.54) is 57.8 Å². The van der Waals surface area contributed by atoms with E-state index in [9.17, 15) is 73.5 Å². The maximum Gasteiger partial charge on any atom is 0.312 e. The van der Waals surface area contributed by atoms with Gasteiger partial charge >= 0.3 is 47.8 Å². The second-order valence-electron chi connectivity index (χ2n) is 40.7. The molecular formula is C111H206Br3FO19. The predicted octanol–water partition coefficient (Wildman–Crippen LogP) is 32.8. The Morgan fingerprint density at radius 3 is 0.694 bits per heavy atom. The number of hydrogen-bond donors (Lipinski definition) is 5. The van der Waals surface area contributed by atoms with Crippen molar-refractivity contribution in [3.05, 3.63) is 0 Å². The summed E-state index contributed by atoms with van der Waals surface area (Å²) in [4.78, 5) is 119. The molecular weight excluding hydrogens is 1900 g/mol. The second-order valence-corrected chi connectivity index (χ2v) is 43.1. The normalized spacial score (nSPS) is 18.0. The number of unbranched alkanes of at least 4 members (excludes halogenated alkanes) is 20. The highest BCUT2D eigenvalue weighted by Crippen LogP contribution is 2.50. The van der Waals surface area contributed by atoms with Gasteiger partial charge in [-0.15, -0.1) is 0 Å². The van der Waals surface area contributed by atoms with Crippen LogP contribution in [-0.4, -0.2) is 133 Å². The van der Waals surface area contributed by atoms with E-state index in [4.69, 9.17) is 21.9 Å². The Kier molecular flexibility index (Phi) is 80.0. The van der Waals surface area contributed by atoms with Crippen molar-refractivity contribution in [2.75, 3.05) is 42.4 Å². The molecule has 0 unspecified atom stereocenters. The van der Waals surface area contributed by atoms with Gasteiger partial charge in [0.15, 0.2) is 0 Å². The maximum atomic E-state index is 12.7. The number of halogens is 4. The molecule has 8 aliphatic carbocycles. The summed E-state index contributed by atoms with van der Waals surface area (Å²) in [7, 11) is 0. The third kappa shape index (κ3) is 53.5. The smallest absolute Gasteiger partial charge is 0.312 e. The highest BCUT2D eigenvalue weighted by Gasteiger charge is 2.47. The van der Waals surface area contributed by atoms with E-state index in [1.54, 1.807) is 0 Å². The van der Waals surface area contributed by atoms with Crippen LogP contribution in [0.2, 0.25) is 0 Å². The molecule has 8 saturated carbocycles. The van der Waals surface area contributed by atoms with Crippen LogP contribution in [-0.2, 0) is 66.9 Å². The zero-order valence-electron chi connectivity index (χ0n) is 84.5. The number of aliphatic hydroxyl groups is 1. The molecule has 23 heteroatoms. The van der Waals surface area contributed by atoms with Gasteiger partial charge in [0.1, 0.15) is 11.6 Å². The van der Waals surface area contributed by atoms with Gasteiger partial charge in [-0.2, -0.15) is 0 Å². The predicted molar refractivity (Wildman–Crippen MR) is 562 cm³/mol. The van der Waals surface area contributed by atoms with Crippen LogP contribution in [0.4, 0.5) is 4.70 Å². The van der Waals surface area contributed by atoms with Crippen molar-refractivity contribution in [2.24, 2.45) is 43.8 Å². The molecule has 0 aromatic carbocycles. The molecule has 0 radical (unpaired) electrons. The number of carbonyl (C=O) groups excluding carboxylic acids is 6. The Morgan fingerprint density at radius 1 is 0.284 bits per heavy atom. The molecule has 134 heavy (non-hydrogen) atoms. The number of carbonyl (C=O) groups is 10. The first-order chi connectivity index (χ1) is 63.3. The average molecular weight is 2110 g/mol. The average Bonchev–Trinajstić information content (AvgIpc) is 1.65. The molecule has 8 rings (SSSR count). The van der Waals surface area contributed by atoms with Crippen LogP contribution >= 0.6 is 47.8 Å². The lowest BCUT2D eigenvalue weighted by Gasteiger charge is -2.26. The quantitative estimate of drug-likeness (QED) is 0.0163. The van der Waals surface area contributed by atoms with Crippen molar-refractivity contribution >= 4 is 107 Å². The molecule has 0 aromatic rings. The lowest BCUT2D eigenvalue weighted by atomic mass is 9.80. The fourth-order valence-corrected chi connectivity index (χ4v) is 22.9. The standard InChI is InChI=1S/C31H54O5.C23H40O5.C23H38O5.C15H27BrO2.C10H18O2.C5H10Br2.4CH4.FH.H2/c1-3-5-25-35-28(33)30(21-13-14-22-30)19-11-7-9-17-27(32)18-10-8-12-20-31(23-15-16-24-31)29(34)36-26-6-4-2;2*24-19(11-3-1-5-13-22(20(25)26)15-7-8-16-22)12-4-2-6-14-23(21(27)28)17-9-10-18-23;1-2-3-13-18-14(17)15(10-6-7-11-15)9-5-4-8-12-16;1-2-3-8-12-10(11)9-6-4-5-7-9;6-4-2-1-3-5-7;;;;;;/h3-26H2,1-2H3;19,24H,1-18H2,(H,25,26)(H,27,28);1-18H2,(H,25,26)(H,27,28);2-13H2,1H3;9H,2-8H2,1H3;1-5H2;4*1H4;2*1H/i;;;;;;;;;;;1+1D. The Balaban J connectivity index is -0.000000799. The Morgan fingerprint density at radius 2 is 0.478 bits per heavy atom. The van der Waals surface area contributed by atoms with Crippen LogP contribution < -0.4 is 0 Å². The summed E-state index contributed by atoms with van der Waals surface area (Å²) >= 11 is 10.2. The minimum absolute atomic E-state index is 0. The lowest BCUT2D eigenvalue weighted by molar-refractivity contribution is -0.157. The van der Waals surface area contributed by atoms with Gasteiger partial charge in [-0.1, -0.05) is 343 Å². The maximum absolute atomic E-state index is 12.7. The van der Waals surface area contributed by atoms with E-state index in [2.05, 4.69) is 75.5 Å². The van der Waals surface area contributed by atoms with Gasteiger partial charge in [-0.25, -0.2) is 0 Å². The molecule has 0 amide bonds. The monoisotopic (exact) mass is 2100 g/mol.